The lowest BCUT2D eigenvalue weighted by atomic mass is 10.0. The van der Waals surface area contributed by atoms with Crippen molar-refractivity contribution < 1.29 is 9.47 Å². The second-order valence-electron chi connectivity index (χ2n) is 5.75. The first-order valence-corrected chi connectivity index (χ1v) is 7.86. The molecule has 0 saturated heterocycles. The van der Waals surface area contributed by atoms with Crippen LogP contribution < -0.4 is 14.8 Å². The summed E-state index contributed by atoms with van der Waals surface area (Å²) in [5.74, 6) is 1.72. The molecule has 0 aromatic heterocycles. The van der Waals surface area contributed by atoms with Gasteiger partial charge >= 0.3 is 0 Å². The molecule has 1 aromatic carbocycles. The number of benzene rings is 1. The number of hydrogen-bond donors (Lipinski definition) is 1. The van der Waals surface area contributed by atoms with Crippen LogP contribution in [0, 0.1) is 0 Å². The predicted molar refractivity (Wildman–Crippen MR) is 82.3 cm³/mol. The van der Waals surface area contributed by atoms with Crippen molar-refractivity contribution in [1.82, 2.24) is 5.32 Å². The van der Waals surface area contributed by atoms with E-state index in [4.69, 9.17) is 9.47 Å². The van der Waals surface area contributed by atoms with Crippen molar-refractivity contribution in [1.29, 1.82) is 0 Å². The van der Waals surface area contributed by atoms with Crippen LogP contribution in [-0.4, -0.2) is 12.8 Å². The van der Waals surface area contributed by atoms with Crippen LogP contribution in [0.4, 0.5) is 0 Å². The Hall–Kier alpha value is -1.22. The lowest BCUT2D eigenvalue weighted by molar-refractivity contribution is 0.174. The van der Waals surface area contributed by atoms with Crippen molar-refractivity contribution in [2.24, 2.45) is 0 Å². The minimum absolute atomic E-state index is 0.339. The van der Waals surface area contributed by atoms with Crippen LogP contribution in [0.5, 0.6) is 11.5 Å². The largest absolute Gasteiger partial charge is 0.454 e. The molecule has 1 aromatic rings. The van der Waals surface area contributed by atoms with Gasteiger partial charge in [0.2, 0.25) is 6.79 Å². The molecule has 2 unspecified atom stereocenters. The van der Waals surface area contributed by atoms with Crippen LogP contribution in [0.3, 0.4) is 0 Å². The number of rotatable bonds is 8. The van der Waals surface area contributed by atoms with Gasteiger partial charge in [-0.25, -0.2) is 0 Å². The zero-order valence-corrected chi connectivity index (χ0v) is 12.9. The fourth-order valence-electron chi connectivity index (χ4n) is 2.67. The van der Waals surface area contributed by atoms with Crippen molar-refractivity contribution in [2.45, 2.75) is 65.0 Å². The van der Waals surface area contributed by atoms with E-state index in [1.807, 2.05) is 6.07 Å². The van der Waals surface area contributed by atoms with Gasteiger partial charge in [-0.3, -0.25) is 0 Å². The van der Waals surface area contributed by atoms with Gasteiger partial charge in [0, 0.05) is 12.1 Å². The van der Waals surface area contributed by atoms with Gasteiger partial charge in [-0.1, -0.05) is 38.7 Å². The van der Waals surface area contributed by atoms with Crippen molar-refractivity contribution >= 4 is 0 Å². The van der Waals surface area contributed by atoms with Crippen LogP contribution >= 0.6 is 0 Å². The summed E-state index contributed by atoms with van der Waals surface area (Å²) in [7, 11) is 0. The van der Waals surface area contributed by atoms with E-state index in [1.54, 1.807) is 0 Å². The van der Waals surface area contributed by atoms with E-state index in [0.29, 0.717) is 18.9 Å². The Balaban J connectivity index is 1.80. The standard InChI is InChI=1S/C17H27NO2/c1-4-5-6-7-8-13(2)18-14(3)15-9-10-16-17(11-15)20-12-19-16/h9-11,13-14,18H,4-8,12H2,1-3H3. The Morgan fingerprint density at radius 2 is 1.90 bits per heavy atom. The SMILES string of the molecule is CCCCCCC(C)NC(C)c1ccc2c(c1)OCO2. The average Bonchev–Trinajstić information content (AvgIpc) is 2.90. The molecule has 0 fully saturated rings. The topological polar surface area (TPSA) is 30.5 Å². The highest BCUT2D eigenvalue weighted by Gasteiger charge is 2.16. The summed E-state index contributed by atoms with van der Waals surface area (Å²) < 4.78 is 10.8. The van der Waals surface area contributed by atoms with Gasteiger partial charge in [0.25, 0.3) is 0 Å². The molecule has 20 heavy (non-hydrogen) atoms. The van der Waals surface area contributed by atoms with E-state index in [-0.39, 0.29) is 0 Å². The van der Waals surface area contributed by atoms with Gasteiger partial charge in [0.05, 0.1) is 0 Å². The molecule has 1 aliphatic rings. The smallest absolute Gasteiger partial charge is 0.231 e. The maximum absolute atomic E-state index is 5.44. The second kappa shape index (κ2) is 7.53. The monoisotopic (exact) mass is 277 g/mol. The normalized spacial score (nSPS) is 16.1. The average molecular weight is 277 g/mol. The first-order valence-electron chi connectivity index (χ1n) is 7.86. The van der Waals surface area contributed by atoms with E-state index in [1.165, 1.54) is 37.7 Å². The number of unbranched alkanes of at least 4 members (excludes halogenated alkanes) is 3. The summed E-state index contributed by atoms with van der Waals surface area (Å²) in [6, 6.07) is 7.10. The molecule has 1 heterocycles. The van der Waals surface area contributed by atoms with Gasteiger partial charge in [-0.2, -0.15) is 0 Å². The number of hydrogen-bond acceptors (Lipinski definition) is 3. The Bertz CT molecular complexity index is 419. The zero-order valence-electron chi connectivity index (χ0n) is 12.9. The van der Waals surface area contributed by atoms with E-state index < -0.39 is 0 Å². The number of ether oxygens (including phenoxy) is 2. The van der Waals surface area contributed by atoms with Crippen LogP contribution in [-0.2, 0) is 0 Å². The molecule has 0 saturated carbocycles. The molecule has 3 nitrogen and oxygen atoms in total. The maximum Gasteiger partial charge on any atom is 0.231 e. The number of fused-ring (bicyclic) bond motifs is 1. The Morgan fingerprint density at radius 1 is 1.10 bits per heavy atom. The van der Waals surface area contributed by atoms with Gasteiger partial charge in [-0.15, -0.1) is 0 Å². The van der Waals surface area contributed by atoms with Gasteiger partial charge in [0.1, 0.15) is 0 Å². The third kappa shape index (κ3) is 4.14. The maximum atomic E-state index is 5.44. The minimum atomic E-state index is 0.339. The summed E-state index contributed by atoms with van der Waals surface area (Å²) in [5, 5.41) is 3.67. The first kappa shape index (κ1) is 15.2. The third-order valence-corrected chi connectivity index (χ3v) is 3.92. The summed E-state index contributed by atoms with van der Waals surface area (Å²) in [6.07, 6.45) is 6.56. The Kier molecular flexibility index (Phi) is 5.72. The molecule has 3 heteroatoms. The second-order valence-corrected chi connectivity index (χ2v) is 5.75. The molecular weight excluding hydrogens is 250 g/mol. The number of nitrogens with one attached hydrogen (secondary N) is 1. The molecule has 2 atom stereocenters. The van der Waals surface area contributed by atoms with Crippen LogP contribution in [0.2, 0.25) is 0 Å². The molecule has 0 amide bonds. The van der Waals surface area contributed by atoms with Crippen molar-refractivity contribution in [3.8, 4) is 11.5 Å². The summed E-state index contributed by atoms with van der Waals surface area (Å²) in [6.45, 7) is 7.08. The van der Waals surface area contributed by atoms with E-state index in [9.17, 15) is 0 Å². The first-order chi connectivity index (χ1) is 9.70. The zero-order chi connectivity index (χ0) is 14.4. The summed E-state index contributed by atoms with van der Waals surface area (Å²) >= 11 is 0. The lowest BCUT2D eigenvalue weighted by Gasteiger charge is -2.20. The molecule has 0 spiro atoms. The highest BCUT2D eigenvalue weighted by molar-refractivity contribution is 5.45. The molecule has 112 valence electrons. The Morgan fingerprint density at radius 3 is 2.70 bits per heavy atom. The minimum Gasteiger partial charge on any atom is -0.454 e. The fourth-order valence-corrected chi connectivity index (χ4v) is 2.67. The fraction of sp³-hybridized carbons (Fsp3) is 0.647. The molecule has 1 aliphatic heterocycles. The van der Waals surface area contributed by atoms with Crippen LogP contribution in [0.25, 0.3) is 0 Å². The van der Waals surface area contributed by atoms with Gasteiger partial charge in [0.15, 0.2) is 11.5 Å². The van der Waals surface area contributed by atoms with Gasteiger partial charge in [-0.05, 0) is 38.0 Å². The van der Waals surface area contributed by atoms with E-state index in [0.717, 1.165) is 11.5 Å². The summed E-state index contributed by atoms with van der Waals surface area (Å²) in [4.78, 5) is 0. The Labute approximate surface area is 122 Å². The van der Waals surface area contributed by atoms with Crippen molar-refractivity contribution in [3.05, 3.63) is 23.8 Å². The van der Waals surface area contributed by atoms with Crippen LogP contribution in [0.15, 0.2) is 18.2 Å². The predicted octanol–water partition coefficient (Wildman–Crippen LogP) is 4.42. The lowest BCUT2D eigenvalue weighted by Crippen LogP contribution is -2.28. The molecule has 2 rings (SSSR count). The molecule has 0 aliphatic carbocycles. The highest BCUT2D eigenvalue weighted by atomic mass is 16.7. The summed E-state index contributed by atoms with van der Waals surface area (Å²) in [5.41, 5.74) is 1.26. The van der Waals surface area contributed by atoms with Crippen molar-refractivity contribution in [3.63, 3.8) is 0 Å². The molecule has 0 radical (unpaired) electrons. The quantitative estimate of drug-likeness (QED) is 0.713. The highest BCUT2D eigenvalue weighted by Crippen LogP contribution is 2.34. The van der Waals surface area contributed by atoms with E-state index in [2.05, 4.69) is 38.2 Å². The third-order valence-electron chi connectivity index (χ3n) is 3.92. The van der Waals surface area contributed by atoms with Crippen molar-refractivity contribution in [2.75, 3.05) is 6.79 Å². The molecule has 0 bridgehead atoms. The van der Waals surface area contributed by atoms with Crippen LogP contribution in [0.1, 0.15) is 64.5 Å². The van der Waals surface area contributed by atoms with E-state index >= 15 is 0 Å². The molecular formula is C17H27NO2. The molecule has 1 N–H and O–H groups in total. The van der Waals surface area contributed by atoms with Gasteiger partial charge < -0.3 is 14.8 Å².